The molecule has 0 bridgehead atoms. The van der Waals surface area contributed by atoms with Gasteiger partial charge in [-0.15, -0.1) is 11.3 Å². The molecule has 0 N–H and O–H groups in total. The standard InChI is InChI=1S/C50H30S/c1-2-13-33(14-3-1)46-39-18-8-10-20-41(39)47(42-21-11-9-19-40(42)46)34-24-22-31(23-25-34)35-27-28-43-45(30-35)37-16-6-7-17-38(37)48-44-29-26-32-12-4-5-15-36(32)49(44)51-50(43)48/h1-30H. The third kappa shape index (κ3) is 4.26. The van der Waals surface area contributed by atoms with Crippen LogP contribution in [-0.2, 0) is 0 Å². The average molecular weight is 663 g/mol. The van der Waals surface area contributed by atoms with E-state index >= 15 is 0 Å². The molecule has 11 rings (SSSR count). The first-order valence-corrected chi connectivity index (χ1v) is 18.4. The summed E-state index contributed by atoms with van der Waals surface area (Å²) in [7, 11) is 0. The Labute approximate surface area is 299 Å². The lowest BCUT2D eigenvalue weighted by Gasteiger charge is -2.18. The molecule has 1 heterocycles. The SMILES string of the molecule is c1ccc(-c2c3ccccc3c(-c3ccc(-c4ccc5c(c4)c4ccccc4c4c6ccc7ccccc7c6sc54)cc3)c3ccccc23)cc1. The van der Waals surface area contributed by atoms with E-state index in [1.54, 1.807) is 0 Å². The maximum atomic E-state index is 2.41. The molecule has 0 saturated heterocycles. The summed E-state index contributed by atoms with van der Waals surface area (Å²) in [5.41, 5.74) is 7.53. The van der Waals surface area contributed by atoms with Crippen molar-refractivity contribution in [2.75, 3.05) is 0 Å². The minimum Gasteiger partial charge on any atom is -0.134 e. The van der Waals surface area contributed by atoms with E-state index in [1.807, 2.05) is 11.3 Å². The molecule has 0 amide bonds. The lowest BCUT2D eigenvalue weighted by molar-refractivity contribution is 1.63. The van der Waals surface area contributed by atoms with Gasteiger partial charge in [-0.1, -0.05) is 176 Å². The van der Waals surface area contributed by atoms with Crippen LogP contribution in [0.2, 0.25) is 0 Å². The molecule has 0 saturated carbocycles. The summed E-state index contributed by atoms with van der Waals surface area (Å²) in [6.45, 7) is 0. The molecule has 0 atom stereocenters. The summed E-state index contributed by atoms with van der Waals surface area (Å²) >= 11 is 1.94. The van der Waals surface area contributed by atoms with Crippen molar-refractivity contribution in [3.63, 3.8) is 0 Å². The second-order valence-electron chi connectivity index (χ2n) is 13.6. The Morgan fingerprint density at radius 3 is 1.41 bits per heavy atom. The topological polar surface area (TPSA) is 0 Å². The monoisotopic (exact) mass is 662 g/mol. The van der Waals surface area contributed by atoms with Gasteiger partial charge >= 0.3 is 0 Å². The van der Waals surface area contributed by atoms with Crippen molar-refractivity contribution in [3.8, 4) is 33.4 Å². The normalized spacial score (nSPS) is 11.9. The van der Waals surface area contributed by atoms with Crippen molar-refractivity contribution in [2.24, 2.45) is 0 Å². The van der Waals surface area contributed by atoms with Crippen molar-refractivity contribution in [1.82, 2.24) is 0 Å². The van der Waals surface area contributed by atoms with Crippen LogP contribution in [0.4, 0.5) is 0 Å². The zero-order valence-corrected chi connectivity index (χ0v) is 28.5. The molecular formula is C50H30S. The Balaban J connectivity index is 1.09. The van der Waals surface area contributed by atoms with E-state index in [9.17, 15) is 0 Å². The van der Waals surface area contributed by atoms with Gasteiger partial charge in [-0.25, -0.2) is 0 Å². The van der Waals surface area contributed by atoms with Gasteiger partial charge in [0.2, 0.25) is 0 Å². The van der Waals surface area contributed by atoms with Gasteiger partial charge in [-0.3, -0.25) is 0 Å². The molecule has 51 heavy (non-hydrogen) atoms. The van der Waals surface area contributed by atoms with Crippen molar-refractivity contribution < 1.29 is 0 Å². The van der Waals surface area contributed by atoms with Crippen LogP contribution in [0.1, 0.15) is 0 Å². The van der Waals surface area contributed by atoms with Gasteiger partial charge < -0.3 is 0 Å². The number of hydrogen-bond donors (Lipinski definition) is 0. The van der Waals surface area contributed by atoms with Gasteiger partial charge in [0.1, 0.15) is 0 Å². The van der Waals surface area contributed by atoms with E-state index in [0.717, 1.165) is 0 Å². The zero-order valence-electron chi connectivity index (χ0n) is 27.7. The van der Waals surface area contributed by atoms with Crippen molar-refractivity contribution in [2.45, 2.75) is 0 Å². The van der Waals surface area contributed by atoms with Gasteiger partial charge in [0.15, 0.2) is 0 Å². The molecule has 236 valence electrons. The largest absolute Gasteiger partial charge is 0.134 e. The highest BCUT2D eigenvalue weighted by molar-refractivity contribution is 7.27. The summed E-state index contributed by atoms with van der Waals surface area (Å²) < 4.78 is 2.74. The summed E-state index contributed by atoms with van der Waals surface area (Å²) in [5.74, 6) is 0. The van der Waals surface area contributed by atoms with Crippen LogP contribution in [0.25, 0.3) is 107 Å². The Morgan fingerprint density at radius 1 is 0.255 bits per heavy atom. The third-order valence-corrected chi connectivity index (χ3v) is 12.1. The Bertz CT molecular complexity index is 3110. The summed E-state index contributed by atoms with van der Waals surface area (Å²) in [6, 6.07) is 67.2. The first-order chi connectivity index (χ1) is 25.3. The number of rotatable bonds is 3. The Morgan fingerprint density at radius 2 is 0.745 bits per heavy atom. The summed E-state index contributed by atoms with van der Waals surface area (Å²) in [5, 5.41) is 15.7. The van der Waals surface area contributed by atoms with Crippen LogP contribution >= 0.6 is 11.3 Å². The predicted molar refractivity (Wildman–Crippen MR) is 223 cm³/mol. The maximum absolute atomic E-state index is 2.41. The van der Waals surface area contributed by atoms with E-state index in [1.165, 1.54) is 107 Å². The molecule has 0 unspecified atom stereocenters. The van der Waals surface area contributed by atoms with Crippen LogP contribution in [-0.4, -0.2) is 0 Å². The summed E-state index contributed by atoms with van der Waals surface area (Å²) in [6.07, 6.45) is 0. The second-order valence-corrected chi connectivity index (χ2v) is 14.6. The fraction of sp³-hybridized carbons (Fsp3) is 0. The van der Waals surface area contributed by atoms with Crippen LogP contribution in [0.3, 0.4) is 0 Å². The van der Waals surface area contributed by atoms with Crippen molar-refractivity contribution in [3.05, 3.63) is 182 Å². The molecular weight excluding hydrogens is 633 g/mol. The zero-order chi connectivity index (χ0) is 33.5. The lowest BCUT2D eigenvalue weighted by Crippen LogP contribution is -1.90. The van der Waals surface area contributed by atoms with Crippen LogP contribution < -0.4 is 0 Å². The smallest absolute Gasteiger partial charge is 0.0440 e. The highest BCUT2D eigenvalue weighted by Gasteiger charge is 2.18. The lowest BCUT2D eigenvalue weighted by atomic mass is 9.85. The molecule has 0 fully saturated rings. The minimum atomic E-state index is 1.22. The number of benzene rings is 10. The average Bonchev–Trinajstić information content (AvgIpc) is 3.61. The fourth-order valence-electron chi connectivity index (χ4n) is 8.55. The third-order valence-electron chi connectivity index (χ3n) is 10.8. The Hall–Kier alpha value is -6.28. The van der Waals surface area contributed by atoms with E-state index in [4.69, 9.17) is 0 Å². The molecule has 11 aromatic rings. The van der Waals surface area contributed by atoms with E-state index in [0.29, 0.717) is 0 Å². The number of thiophene rings is 1. The molecule has 0 spiro atoms. The molecule has 0 aliphatic rings. The van der Waals surface area contributed by atoms with Crippen LogP contribution in [0.5, 0.6) is 0 Å². The number of fused-ring (bicyclic) bond motifs is 12. The quantitative estimate of drug-likeness (QED) is 0.130. The molecule has 0 radical (unpaired) electrons. The van der Waals surface area contributed by atoms with Gasteiger partial charge in [-0.2, -0.15) is 0 Å². The van der Waals surface area contributed by atoms with Gasteiger partial charge in [-0.05, 0) is 87.9 Å². The maximum Gasteiger partial charge on any atom is 0.0440 e. The fourth-order valence-corrected chi connectivity index (χ4v) is 9.94. The molecule has 0 nitrogen and oxygen atoms in total. The van der Waals surface area contributed by atoms with Crippen molar-refractivity contribution >= 4 is 85.4 Å². The summed E-state index contributed by atoms with van der Waals surface area (Å²) in [4.78, 5) is 0. The van der Waals surface area contributed by atoms with Gasteiger partial charge in [0, 0.05) is 25.6 Å². The molecule has 0 aliphatic carbocycles. The molecule has 1 aromatic heterocycles. The van der Waals surface area contributed by atoms with Gasteiger partial charge in [0.05, 0.1) is 0 Å². The highest BCUT2D eigenvalue weighted by Crippen LogP contribution is 2.47. The van der Waals surface area contributed by atoms with Crippen LogP contribution in [0.15, 0.2) is 182 Å². The van der Waals surface area contributed by atoms with Crippen LogP contribution in [0, 0.1) is 0 Å². The van der Waals surface area contributed by atoms with Crippen molar-refractivity contribution in [1.29, 1.82) is 0 Å². The first kappa shape index (κ1) is 28.5. The molecule has 10 aromatic carbocycles. The predicted octanol–water partition coefficient (Wildman–Crippen LogP) is 14.8. The van der Waals surface area contributed by atoms with E-state index in [-0.39, 0.29) is 0 Å². The first-order valence-electron chi connectivity index (χ1n) is 17.6. The highest BCUT2D eigenvalue weighted by atomic mass is 32.1. The molecule has 0 aliphatic heterocycles. The Kier molecular flexibility index (Phi) is 6.22. The van der Waals surface area contributed by atoms with E-state index < -0.39 is 0 Å². The van der Waals surface area contributed by atoms with E-state index in [2.05, 4.69) is 182 Å². The second kappa shape index (κ2) is 11.1. The molecule has 1 heteroatoms. The number of hydrogen-bond acceptors (Lipinski definition) is 1. The minimum absolute atomic E-state index is 1.22. The van der Waals surface area contributed by atoms with Gasteiger partial charge in [0.25, 0.3) is 0 Å².